The topological polar surface area (TPSA) is 96.0 Å². The molecule has 0 saturated heterocycles. The predicted octanol–water partition coefficient (Wildman–Crippen LogP) is 5.91. The maximum absolute atomic E-state index is 14.2. The van der Waals surface area contributed by atoms with Crippen LogP contribution in [0.25, 0.3) is 0 Å². The van der Waals surface area contributed by atoms with Crippen LogP contribution in [0, 0.1) is 0 Å². The van der Waals surface area contributed by atoms with Crippen molar-refractivity contribution in [3.63, 3.8) is 0 Å². The Labute approximate surface area is 257 Å². The van der Waals surface area contributed by atoms with E-state index in [1.807, 2.05) is 19.1 Å². The molecule has 1 atom stereocenters. The quantitative estimate of drug-likeness (QED) is 0.262. The lowest BCUT2D eigenvalue weighted by molar-refractivity contribution is -0.140. The van der Waals surface area contributed by atoms with Gasteiger partial charge in [-0.3, -0.25) is 13.9 Å². The molecule has 0 aromatic heterocycles. The number of hydrogen-bond acceptors (Lipinski definition) is 5. The summed E-state index contributed by atoms with van der Waals surface area (Å²) in [4.78, 5) is 29.4. The van der Waals surface area contributed by atoms with E-state index in [-0.39, 0.29) is 23.4 Å². The molecular formula is C32H38BrN3O5S. The van der Waals surface area contributed by atoms with E-state index in [0.29, 0.717) is 17.9 Å². The van der Waals surface area contributed by atoms with E-state index in [9.17, 15) is 18.0 Å². The molecule has 4 rings (SSSR count). The Morgan fingerprint density at radius 2 is 1.60 bits per heavy atom. The van der Waals surface area contributed by atoms with Gasteiger partial charge in [-0.05, 0) is 73.4 Å². The Hall–Kier alpha value is -3.37. The second kappa shape index (κ2) is 14.7. The number of rotatable bonds is 12. The molecule has 3 aromatic carbocycles. The average Bonchev–Trinajstić information content (AvgIpc) is 3.01. The summed E-state index contributed by atoms with van der Waals surface area (Å²) < 4.78 is 35.0. The number of methoxy groups -OCH3 is 1. The first-order chi connectivity index (χ1) is 20.2. The molecule has 0 aliphatic heterocycles. The van der Waals surface area contributed by atoms with Crippen molar-refractivity contribution in [2.24, 2.45) is 0 Å². The van der Waals surface area contributed by atoms with Gasteiger partial charge in [0.15, 0.2) is 0 Å². The number of nitrogens with one attached hydrogen (secondary N) is 1. The molecule has 1 aliphatic carbocycles. The number of nitrogens with zero attached hydrogens (tertiary/aromatic N) is 2. The van der Waals surface area contributed by atoms with Gasteiger partial charge in [-0.1, -0.05) is 72.4 Å². The summed E-state index contributed by atoms with van der Waals surface area (Å²) >= 11 is 3.40. The maximum atomic E-state index is 14.2. The highest BCUT2D eigenvalue weighted by molar-refractivity contribution is 9.10. The van der Waals surface area contributed by atoms with Crippen LogP contribution in [0.3, 0.4) is 0 Å². The predicted molar refractivity (Wildman–Crippen MR) is 168 cm³/mol. The zero-order valence-electron chi connectivity index (χ0n) is 24.0. The molecule has 3 aromatic rings. The number of anilines is 1. The number of hydrogen-bond donors (Lipinski definition) is 1. The standard InChI is InChI=1S/C32H38BrN3O5S/c1-3-30(32(38)34-26-10-6-4-7-11-26)35(22-24-14-20-28(41-2)21-15-24)31(37)23-36(27-18-16-25(33)17-19-27)42(39,40)29-12-8-5-9-13-29/h5,8-9,12-21,26,30H,3-4,6-7,10-11,22-23H2,1-2H3,(H,34,38). The number of sulfonamides is 1. The van der Waals surface area contributed by atoms with Crippen molar-refractivity contribution < 1.29 is 22.7 Å². The van der Waals surface area contributed by atoms with Crippen LogP contribution in [-0.4, -0.2) is 50.9 Å². The van der Waals surface area contributed by atoms with Crippen molar-refractivity contribution in [3.8, 4) is 5.75 Å². The van der Waals surface area contributed by atoms with Gasteiger partial charge >= 0.3 is 0 Å². The smallest absolute Gasteiger partial charge is 0.264 e. The molecule has 1 saturated carbocycles. The molecule has 0 radical (unpaired) electrons. The van der Waals surface area contributed by atoms with Gasteiger partial charge in [0.2, 0.25) is 11.8 Å². The zero-order valence-corrected chi connectivity index (χ0v) is 26.4. The highest BCUT2D eigenvalue weighted by Crippen LogP contribution is 2.27. The average molecular weight is 657 g/mol. The molecule has 1 N–H and O–H groups in total. The molecule has 0 spiro atoms. The van der Waals surface area contributed by atoms with E-state index in [4.69, 9.17) is 4.74 Å². The number of carbonyl (C=O) groups excluding carboxylic acids is 2. The van der Waals surface area contributed by atoms with Crippen LogP contribution in [0.15, 0.2) is 88.2 Å². The van der Waals surface area contributed by atoms with Gasteiger partial charge in [0.1, 0.15) is 18.3 Å². The summed E-state index contributed by atoms with van der Waals surface area (Å²) in [5, 5.41) is 3.17. The Morgan fingerprint density at radius 1 is 0.952 bits per heavy atom. The summed E-state index contributed by atoms with van der Waals surface area (Å²) in [7, 11) is -2.52. The molecule has 224 valence electrons. The molecular weight excluding hydrogens is 618 g/mol. The van der Waals surface area contributed by atoms with Gasteiger partial charge in [-0.15, -0.1) is 0 Å². The number of amides is 2. The fraction of sp³-hybridized carbons (Fsp3) is 0.375. The Kier molecular flexibility index (Phi) is 11.0. The Morgan fingerprint density at radius 3 is 2.19 bits per heavy atom. The molecule has 8 nitrogen and oxygen atoms in total. The summed E-state index contributed by atoms with van der Waals surface area (Å²) in [6.07, 6.45) is 5.51. The maximum Gasteiger partial charge on any atom is 0.264 e. The van der Waals surface area contributed by atoms with Crippen LogP contribution in [0.2, 0.25) is 0 Å². The SMILES string of the molecule is CCC(C(=O)NC1CCCCC1)N(Cc1ccc(OC)cc1)C(=O)CN(c1ccc(Br)cc1)S(=O)(=O)c1ccccc1. The Bertz CT molecular complexity index is 1430. The fourth-order valence-corrected chi connectivity index (χ4v) is 6.95. The van der Waals surface area contributed by atoms with E-state index < -0.39 is 28.5 Å². The van der Waals surface area contributed by atoms with Crippen LogP contribution < -0.4 is 14.4 Å². The minimum Gasteiger partial charge on any atom is -0.497 e. The molecule has 0 heterocycles. The fourth-order valence-electron chi connectivity index (χ4n) is 5.25. The third kappa shape index (κ3) is 7.92. The molecule has 0 bridgehead atoms. The third-order valence-electron chi connectivity index (χ3n) is 7.57. The highest BCUT2D eigenvalue weighted by atomic mass is 79.9. The minimum absolute atomic E-state index is 0.0736. The largest absolute Gasteiger partial charge is 0.497 e. The van der Waals surface area contributed by atoms with E-state index in [1.54, 1.807) is 61.7 Å². The van der Waals surface area contributed by atoms with Crippen molar-refractivity contribution in [3.05, 3.63) is 88.9 Å². The third-order valence-corrected chi connectivity index (χ3v) is 9.89. The Balaban J connectivity index is 1.69. The van der Waals surface area contributed by atoms with Crippen LogP contribution in [0.1, 0.15) is 51.0 Å². The summed E-state index contributed by atoms with van der Waals surface area (Å²) in [6, 6.07) is 21.4. The van der Waals surface area contributed by atoms with Gasteiger partial charge in [0.25, 0.3) is 10.0 Å². The second-order valence-corrected chi connectivity index (χ2v) is 13.2. The minimum atomic E-state index is -4.10. The van der Waals surface area contributed by atoms with Crippen molar-refractivity contribution in [2.45, 2.75) is 69.0 Å². The number of halogens is 1. The first kappa shape index (κ1) is 31.6. The van der Waals surface area contributed by atoms with Crippen molar-refractivity contribution in [2.75, 3.05) is 18.0 Å². The van der Waals surface area contributed by atoms with Crippen LogP contribution in [0.4, 0.5) is 5.69 Å². The number of ether oxygens (including phenoxy) is 1. The number of benzene rings is 3. The lowest BCUT2D eigenvalue weighted by Gasteiger charge is -2.34. The van der Waals surface area contributed by atoms with Gasteiger partial charge in [-0.25, -0.2) is 8.42 Å². The van der Waals surface area contributed by atoms with E-state index in [2.05, 4.69) is 21.2 Å². The monoisotopic (exact) mass is 655 g/mol. The molecule has 1 unspecified atom stereocenters. The lowest BCUT2D eigenvalue weighted by Crippen LogP contribution is -2.54. The molecule has 42 heavy (non-hydrogen) atoms. The molecule has 2 amide bonds. The van der Waals surface area contributed by atoms with Gasteiger partial charge < -0.3 is 15.0 Å². The van der Waals surface area contributed by atoms with Crippen molar-refractivity contribution in [1.29, 1.82) is 0 Å². The molecule has 1 fully saturated rings. The van der Waals surface area contributed by atoms with Crippen LogP contribution >= 0.6 is 15.9 Å². The molecule has 10 heteroatoms. The van der Waals surface area contributed by atoms with Crippen molar-refractivity contribution >= 4 is 43.5 Å². The summed E-state index contributed by atoms with van der Waals surface area (Å²) in [6.45, 7) is 1.54. The molecule has 1 aliphatic rings. The van der Waals surface area contributed by atoms with E-state index in [1.165, 1.54) is 17.0 Å². The van der Waals surface area contributed by atoms with Crippen LogP contribution in [-0.2, 0) is 26.2 Å². The number of carbonyl (C=O) groups is 2. The summed E-state index contributed by atoms with van der Waals surface area (Å²) in [5.74, 6) is -0.0136. The lowest BCUT2D eigenvalue weighted by atomic mass is 9.95. The van der Waals surface area contributed by atoms with Gasteiger partial charge in [-0.2, -0.15) is 0 Å². The van der Waals surface area contributed by atoms with E-state index >= 15 is 0 Å². The van der Waals surface area contributed by atoms with Crippen LogP contribution in [0.5, 0.6) is 5.75 Å². The van der Waals surface area contributed by atoms with Gasteiger partial charge in [0.05, 0.1) is 17.7 Å². The van der Waals surface area contributed by atoms with Crippen molar-refractivity contribution in [1.82, 2.24) is 10.2 Å². The second-order valence-electron chi connectivity index (χ2n) is 10.4. The normalized spacial score (nSPS) is 14.5. The van der Waals surface area contributed by atoms with Gasteiger partial charge in [0, 0.05) is 17.1 Å². The first-order valence-corrected chi connectivity index (χ1v) is 16.5. The first-order valence-electron chi connectivity index (χ1n) is 14.3. The van der Waals surface area contributed by atoms with E-state index in [0.717, 1.165) is 46.4 Å². The highest BCUT2D eigenvalue weighted by Gasteiger charge is 2.34. The zero-order chi connectivity index (χ0) is 30.1. The summed E-state index contributed by atoms with van der Waals surface area (Å²) in [5.41, 5.74) is 1.15.